The van der Waals surface area contributed by atoms with E-state index in [4.69, 9.17) is 0 Å². The monoisotopic (exact) mass is 352 g/mol. The topological polar surface area (TPSA) is 128 Å². The molecule has 132 valence electrons. The van der Waals surface area contributed by atoms with Crippen LogP contribution in [-0.2, 0) is 19.5 Å². The van der Waals surface area contributed by atoms with Gasteiger partial charge in [0.05, 0.1) is 11.3 Å². The summed E-state index contributed by atoms with van der Waals surface area (Å²) in [6, 6.07) is 3.59. The van der Waals surface area contributed by atoms with Crippen molar-refractivity contribution in [2.75, 3.05) is 6.54 Å². The maximum Gasteiger partial charge on any atom is 0.325 e. The van der Waals surface area contributed by atoms with Gasteiger partial charge in [0.15, 0.2) is 0 Å². The summed E-state index contributed by atoms with van der Waals surface area (Å²) in [5.41, 5.74) is 1.50. The predicted molar refractivity (Wildman–Crippen MR) is 93.6 cm³/mol. The van der Waals surface area contributed by atoms with Crippen LogP contribution in [0.25, 0.3) is 11.4 Å². The van der Waals surface area contributed by atoms with Crippen LogP contribution < -0.4 is 16.8 Å². The molecule has 4 rings (SSSR count). The minimum atomic E-state index is -0.535. The van der Waals surface area contributed by atoms with Crippen molar-refractivity contribution in [1.29, 1.82) is 0 Å². The van der Waals surface area contributed by atoms with Crippen LogP contribution in [0.2, 0.25) is 0 Å². The van der Waals surface area contributed by atoms with E-state index in [1.807, 2.05) is 4.90 Å². The maximum atomic E-state index is 12.5. The van der Waals surface area contributed by atoms with Crippen LogP contribution >= 0.6 is 0 Å². The SMILES string of the molecule is O=c1[nH]cc(CN2CCc3nc(-c4ccncc4)[nH]c(=O)c3C2)c(=O)[nH]1. The van der Waals surface area contributed by atoms with Crippen molar-refractivity contribution in [1.82, 2.24) is 29.8 Å². The molecule has 3 aromatic heterocycles. The molecule has 0 fully saturated rings. The molecule has 3 N–H and O–H groups in total. The molecular weight excluding hydrogens is 336 g/mol. The van der Waals surface area contributed by atoms with E-state index < -0.39 is 11.2 Å². The second-order valence-corrected chi connectivity index (χ2v) is 6.13. The molecule has 0 aromatic carbocycles. The number of aromatic amines is 3. The molecule has 0 saturated heterocycles. The van der Waals surface area contributed by atoms with Crippen molar-refractivity contribution in [3.8, 4) is 11.4 Å². The van der Waals surface area contributed by atoms with Crippen molar-refractivity contribution in [2.24, 2.45) is 0 Å². The fraction of sp³-hybridized carbons (Fsp3) is 0.235. The number of nitrogens with zero attached hydrogens (tertiary/aromatic N) is 3. The van der Waals surface area contributed by atoms with E-state index in [1.54, 1.807) is 24.5 Å². The standard InChI is InChI=1S/C17H16N6O3/c24-15-11(7-19-17(26)22-15)8-23-6-3-13-12(9-23)16(25)21-14(20-13)10-1-4-18-5-2-10/h1-2,4-5,7H,3,6,8-9H2,(H,20,21,25)(H2,19,22,24,26). The fourth-order valence-corrected chi connectivity index (χ4v) is 3.06. The Hall–Kier alpha value is -3.33. The van der Waals surface area contributed by atoms with Crippen LogP contribution in [0.3, 0.4) is 0 Å². The van der Waals surface area contributed by atoms with E-state index in [9.17, 15) is 14.4 Å². The molecule has 1 aliphatic rings. The van der Waals surface area contributed by atoms with Crippen LogP contribution in [0.1, 0.15) is 16.8 Å². The zero-order chi connectivity index (χ0) is 18.1. The maximum absolute atomic E-state index is 12.5. The average molecular weight is 352 g/mol. The van der Waals surface area contributed by atoms with Gasteiger partial charge in [0, 0.05) is 55.8 Å². The van der Waals surface area contributed by atoms with Gasteiger partial charge in [-0.25, -0.2) is 9.78 Å². The molecule has 0 unspecified atom stereocenters. The van der Waals surface area contributed by atoms with Gasteiger partial charge in [-0.3, -0.25) is 24.5 Å². The number of nitrogens with one attached hydrogen (secondary N) is 3. The third kappa shape index (κ3) is 3.11. The summed E-state index contributed by atoms with van der Waals surface area (Å²) in [4.78, 5) is 53.5. The molecule has 9 nitrogen and oxygen atoms in total. The highest BCUT2D eigenvalue weighted by Crippen LogP contribution is 2.18. The van der Waals surface area contributed by atoms with Crippen LogP contribution in [-0.4, -0.2) is 36.4 Å². The van der Waals surface area contributed by atoms with Gasteiger partial charge in [0.25, 0.3) is 11.1 Å². The molecule has 9 heteroatoms. The molecule has 0 atom stereocenters. The molecule has 0 saturated carbocycles. The van der Waals surface area contributed by atoms with E-state index in [-0.39, 0.29) is 5.56 Å². The van der Waals surface area contributed by atoms with Gasteiger partial charge in [-0.05, 0) is 12.1 Å². The molecule has 1 aliphatic heterocycles. The number of pyridine rings is 1. The highest BCUT2D eigenvalue weighted by molar-refractivity contribution is 5.54. The summed E-state index contributed by atoms with van der Waals surface area (Å²) < 4.78 is 0. The Balaban J connectivity index is 1.60. The number of rotatable bonds is 3. The lowest BCUT2D eigenvalue weighted by atomic mass is 10.1. The summed E-state index contributed by atoms with van der Waals surface area (Å²) in [6.45, 7) is 1.40. The molecule has 3 aromatic rings. The first kappa shape index (κ1) is 16.2. The second kappa shape index (κ2) is 6.52. The van der Waals surface area contributed by atoms with E-state index >= 15 is 0 Å². The lowest BCUT2D eigenvalue weighted by molar-refractivity contribution is 0.240. The fourth-order valence-electron chi connectivity index (χ4n) is 3.06. The van der Waals surface area contributed by atoms with Gasteiger partial charge in [-0.2, -0.15) is 0 Å². The Morgan fingerprint density at radius 2 is 1.88 bits per heavy atom. The van der Waals surface area contributed by atoms with Crippen LogP contribution in [0.4, 0.5) is 0 Å². The molecule has 0 spiro atoms. The summed E-state index contributed by atoms with van der Waals surface area (Å²) in [5, 5.41) is 0. The minimum Gasteiger partial charge on any atom is -0.314 e. The third-order valence-electron chi connectivity index (χ3n) is 4.39. The Bertz CT molecular complexity index is 1120. The quantitative estimate of drug-likeness (QED) is 0.597. The molecular formula is C17H16N6O3. The van der Waals surface area contributed by atoms with Gasteiger partial charge < -0.3 is 9.97 Å². The predicted octanol–water partition coefficient (Wildman–Crippen LogP) is -0.233. The van der Waals surface area contributed by atoms with E-state index in [0.29, 0.717) is 43.0 Å². The van der Waals surface area contributed by atoms with Crippen molar-refractivity contribution in [3.63, 3.8) is 0 Å². The van der Waals surface area contributed by atoms with Crippen molar-refractivity contribution in [2.45, 2.75) is 19.5 Å². The van der Waals surface area contributed by atoms with E-state index in [1.165, 1.54) is 6.20 Å². The smallest absolute Gasteiger partial charge is 0.314 e. The van der Waals surface area contributed by atoms with Crippen LogP contribution in [0, 0.1) is 0 Å². The largest absolute Gasteiger partial charge is 0.325 e. The third-order valence-corrected chi connectivity index (χ3v) is 4.39. The highest BCUT2D eigenvalue weighted by Gasteiger charge is 2.22. The van der Waals surface area contributed by atoms with Crippen LogP contribution in [0.5, 0.6) is 0 Å². The Kier molecular flexibility index (Phi) is 4.05. The summed E-state index contributed by atoms with van der Waals surface area (Å²) in [7, 11) is 0. The Labute approximate surface area is 146 Å². The average Bonchev–Trinajstić information content (AvgIpc) is 2.65. The molecule has 0 bridgehead atoms. The molecule has 0 radical (unpaired) electrons. The Morgan fingerprint density at radius 1 is 1.08 bits per heavy atom. The highest BCUT2D eigenvalue weighted by atomic mass is 16.2. The first-order valence-electron chi connectivity index (χ1n) is 8.16. The first-order chi connectivity index (χ1) is 12.6. The zero-order valence-corrected chi connectivity index (χ0v) is 13.8. The van der Waals surface area contributed by atoms with Gasteiger partial charge in [0.1, 0.15) is 5.82 Å². The molecule has 4 heterocycles. The number of H-pyrrole nitrogens is 3. The molecule has 0 amide bonds. The molecule has 26 heavy (non-hydrogen) atoms. The van der Waals surface area contributed by atoms with E-state index in [2.05, 4.69) is 24.9 Å². The number of fused-ring (bicyclic) bond motifs is 1. The second-order valence-electron chi connectivity index (χ2n) is 6.13. The lowest BCUT2D eigenvalue weighted by Crippen LogP contribution is -2.37. The first-order valence-corrected chi connectivity index (χ1v) is 8.16. The van der Waals surface area contributed by atoms with Crippen LogP contribution in [0.15, 0.2) is 45.1 Å². The Morgan fingerprint density at radius 3 is 2.65 bits per heavy atom. The van der Waals surface area contributed by atoms with Crippen molar-refractivity contribution < 1.29 is 0 Å². The molecule has 0 aliphatic carbocycles. The van der Waals surface area contributed by atoms with Gasteiger partial charge >= 0.3 is 5.69 Å². The van der Waals surface area contributed by atoms with Crippen molar-refractivity contribution in [3.05, 3.63) is 78.7 Å². The van der Waals surface area contributed by atoms with Gasteiger partial charge in [-0.15, -0.1) is 0 Å². The summed E-state index contributed by atoms with van der Waals surface area (Å²) in [6.07, 6.45) is 5.32. The van der Waals surface area contributed by atoms with Gasteiger partial charge in [-0.1, -0.05) is 0 Å². The number of hydrogen-bond donors (Lipinski definition) is 3. The van der Waals surface area contributed by atoms with Crippen molar-refractivity contribution >= 4 is 0 Å². The normalized spacial score (nSPS) is 14.2. The zero-order valence-electron chi connectivity index (χ0n) is 13.8. The summed E-state index contributed by atoms with van der Waals surface area (Å²) >= 11 is 0. The minimum absolute atomic E-state index is 0.179. The summed E-state index contributed by atoms with van der Waals surface area (Å²) in [5.74, 6) is 0.529. The lowest BCUT2D eigenvalue weighted by Gasteiger charge is -2.27. The van der Waals surface area contributed by atoms with E-state index in [0.717, 1.165) is 11.3 Å². The number of aromatic nitrogens is 5. The van der Waals surface area contributed by atoms with Gasteiger partial charge in [0.2, 0.25) is 0 Å². The number of hydrogen-bond acceptors (Lipinski definition) is 6.